The minimum atomic E-state index is 0.0559. The average Bonchev–Trinajstić information content (AvgIpc) is 3.19. The van der Waals surface area contributed by atoms with Gasteiger partial charge in [0.1, 0.15) is 0 Å². The van der Waals surface area contributed by atoms with Gasteiger partial charge in [0.05, 0.1) is 10.7 Å². The fourth-order valence-electron chi connectivity index (χ4n) is 2.12. The highest BCUT2D eigenvalue weighted by Crippen LogP contribution is 2.23. The van der Waals surface area contributed by atoms with Gasteiger partial charge in [0, 0.05) is 35.6 Å². The molecule has 1 aromatic carbocycles. The number of carbonyl (C=O) groups is 1. The number of anilines is 1. The SMILES string of the molecule is Cc1nc(-c2ccc(NC(=O)CCNC3CC3)cc2)cs1. The zero-order chi connectivity index (χ0) is 14.7. The Hall–Kier alpha value is -1.72. The maximum atomic E-state index is 11.8. The van der Waals surface area contributed by atoms with Gasteiger partial charge in [-0.3, -0.25) is 4.79 Å². The summed E-state index contributed by atoms with van der Waals surface area (Å²) in [6, 6.07) is 8.49. The number of amides is 1. The number of aryl methyl sites for hydroxylation is 1. The van der Waals surface area contributed by atoms with Crippen LogP contribution in [-0.4, -0.2) is 23.5 Å². The third-order valence-corrected chi connectivity index (χ3v) is 4.22. The van der Waals surface area contributed by atoms with Crippen LogP contribution in [0.25, 0.3) is 11.3 Å². The number of aromatic nitrogens is 1. The van der Waals surface area contributed by atoms with Crippen LogP contribution in [0.15, 0.2) is 29.6 Å². The molecule has 4 nitrogen and oxygen atoms in total. The first-order chi connectivity index (χ1) is 10.2. The molecule has 2 aromatic rings. The fraction of sp³-hybridized carbons (Fsp3) is 0.375. The van der Waals surface area contributed by atoms with E-state index in [0.717, 1.165) is 28.5 Å². The van der Waals surface area contributed by atoms with Gasteiger partial charge in [-0.25, -0.2) is 4.98 Å². The molecule has 0 atom stereocenters. The second kappa shape index (κ2) is 6.37. The fourth-order valence-corrected chi connectivity index (χ4v) is 2.74. The van der Waals surface area contributed by atoms with Crippen molar-refractivity contribution in [3.63, 3.8) is 0 Å². The van der Waals surface area contributed by atoms with E-state index < -0.39 is 0 Å². The van der Waals surface area contributed by atoms with Crippen molar-refractivity contribution in [2.45, 2.75) is 32.2 Å². The Labute approximate surface area is 128 Å². The molecular weight excluding hydrogens is 282 g/mol. The summed E-state index contributed by atoms with van der Waals surface area (Å²) in [7, 11) is 0. The van der Waals surface area contributed by atoms with Crippen LogP contribution in [-0.2, 0) is 4.79 Å². The van der Waals surface area contributed by atoms with Crippen LogP contribution < -0.4 is 10.6 Å². The Morgan fingerprint density at radius 1 is 1.33 bits per heavy atom. The minimum absolute atomic E-state index is 0.0559. The van der Waals surface area contributed by atoms with Gasteiger partial charge in [-0.2, -0.15) is 0 Å². The lowest BCUT2D eigenvalue weighted by Crippen LogP contribution is -2.23. The predicted octanol–water partition coefficient (Wildman–Crippen LogP) is 3.20. The van der Waals surface area contributed by atoms with Crippen LogP contribution in [0.4, 0.5) is 5.69 Å². The maximum Gasteiger partial charge on any atom is 0.225 e. The van der Waals surface area contributed by atoms with Crippen molar-refractivity contribution in [3.05, 3.63) is 34.7 Å². The Morgan fingerprint density at radius 3 is 2.71 bits per heavy atom. The van der Waals surface area contributed by atoms with Gasteiger partial charge in [-0.05, 0) is 31.9 Å². The molecule has 5 heteroatoms. The van der Waals surface area contributed by atoms with Crippen molar-refractivity contribution >= 4 is 22.9 Å². The van der Waals surface area contributed by atoms with Crippen molar-refractivity contribution in [2.24, 2.45) is 0 Å². The van der Waals surface area contributed by atoms with Crippen LogP contribution in [0.1, 0.15) is 24.3 Å². The molecule has 0 saturated heterocycles. The first kappa shape index (κ1) is 14.2. The molecule has 2 N–H and O–H groups in total. The summed E-state index contributed by atoms with van der Waals surface area (Å²) in [5.74, 6) is 0.0559. The highest BCUT2D eigenvalue weighted by atomic mass is 32.1. The van der Waals surface area contributed by atoms with Gasteiger partial charge >= 0.3 is 0 Å². The number of carbonyl (C=O) groups excluding carboxylic acids is 1. The van der Waals surface area contributed by atoms with Crippen LogP contribution in [0, 0.1) is 6.92 Å². The number of rotatable bonds is 6. The van der Waals surface area contributed by atoms with Crippen molar-refractivity contribution in [2.75, 3.05) is 11.9 Å². The lowest BCUT2D eigenvalue weighted by Gasteiger charge is -2.06. The van der Waals surface area contributed by atoms with Crippen LogP contribution in [0.5, 0.6) is 0 Å². The molecule has 1 fully saturated rings. The average molecular weight is 301 g/mol. The molecule has 21 heavy (non-hydrogen) atoms. The smallest absolute Gasteiger partial charge is 0.225 e. The molecule has 1 saturated carbocycles. The second-order valence-corrected chi connectivity index (χ2v) is 6.42. The molecule has 1 aliphatic rings. The molecule has 1 aromatic heterocycles. The largest absolute Gasteiger partial charge is 0.326 e. The first-order valence-electron chi connectivity index (χ1n) is 7.26. The summed E-state index contributed by atoms with van der Waals surface area (Å²) in [4.78, 5) is 16.3. The highest BCUT2D eigenvalue weighted by Gasteiger charge is 2.20. The third-order valence-electron chi connectivity index (χ3n) is 3.45. The number of hydrogen-bond donors (Lipinski definition) is 2. The van der Waals surface area contributed by atoms with Crippen LogP contribution in [0.2, 0.25) is 0 Å². The van der Waals surface area contributed by atoms with Crippen molar-refractivity contribution in [1.29, 1.82) is 0 Å². The van der Waals surface area contributed by atoms with Crippen LogP contribution in [0.3, 0.4) is 0 Å². The second-order valence-electron chi connectivity index (χ2n) is 5.36. The van der Waals surface area contributed by atoms with E-state index in [9.17, 15) is 4.79 Å². The summed E-state index contributed by atoms with van der Waals surface area (Å²) in [5.41, 5.74) is 2.90. The summed E-state index contributed by atoms with van der Waals surface area (Å²) in [5, 5.41) is 9.37. The quantitative estimate of drug-likeness (QED) is 0.861. The Kier molecular flexibility index (Phi) is 4.31. The van der Waals surface area contributed by atoms with E-state index in [1.54, 1.807) is 11.3 Å². The molecule has 0 spiro atoms. The summed E-state index contributed by atoms with van der Waals surface area (Å²) in [6.45, 7) is 2.76. The third kappa shape index (κ3) is 4.12. The standard InChI is InChI=1S/C16H19N3OS/c1-11-18-15(10-21-11)12-2-4-14(5-3-12)19-16(20)8-9-17-13-6-7-13/h2-5,10,13,17H,6-9H2,1H3,(H,19,20). The number of nitrogens with zero attached hydrogens (tertiary/aromatic N) is 1. The highest BCUT2D eigenvalue weighted by molar-refractivity contribution is 7.09. The van der Waals surface area contributed by atoms with Gasteiger partial charge in [-0.15, -0.1) is 11.3 Å². The van der Waals surface area contributed by atoms with Gasteiger partial charge < -0.3 is 10.6 Å². The monoisotopic (exact) mass is 301 g/mol. The summed E-state index contributed by atoms with van der Waals surface area (Å²) in [6.07, 6.45) is 3.02. The molecular formula is C16H19N3OS. The lowest BCUT2D eigenvalue weighted by molar-refractivity contribution is -0.116. The topological polar surface area (TPSA) is 54.0 Å². The first-order valence-corrected chi connectivity index (χ1v) is 8.14. The molecule has 1 amide bonds. The molecule has 0 bridgehead atoms. The van der Waals surface area contributed by atoms with E-state index in [-0.39, 0.29) is 5.91 Å². The van der Waals surface area contributed by atoms with Crippen molar-refractivity contribution in [3.8, 4) is 11.3 Å². The Bertz CT molecular complexity index is 617. The maximum absolute atomic E-state index is 11.8. The van der Waals surface area contributed by atoms with E-state index in [0.29, 0.717) is 12.5 Å². The number of benzene rings is 1. The molecule has 0 aliphatic heterocycles. The van der Waals surface area contributed by atoms with Gasteiger partial charge in [-0.1, -0.05) is 12.1 Å². The van der Waals surface area contributed by atoms with E-state index in [4.69, 9.17) is 0 Å². The molecule has 1 aliphatic carbocycles. The van der Waals surface area contributed by atoms with E-state index >= 15 is 0 Å². The van der Waals surface area contributed by atoms with E-state index in [2.05, 4.69) is 15.6 Å². The summed E-state index contributed by atoms with van der Waals surface area (Å²) < 4.78 is 0. The minimum Gasteiger partial charge on any atom is -0.326 e. The normalized spacial score (nSPS) is 14.1. The molecule has 0 radical (unpaired) electrons. The summed E-state index contributed by atoms with van der Waals surface area (Å²) >= 11 is 1.64. The number of hydrogen-bond acceptors (Lipinski definition) is 4. The zero-order valence-electron chi connectivity index (χ0n) is 12.1. The number of thiazole rings is 1. The number of nitrogens with one attached hydrogen (secondary N) is 2. The van der Waals surface area contributed by atoms with Crippen LogP contribution >= 0.6 is 11.3 Å². The Morgan fingerprint density at radius 2 is 2.10 bits per heavy atom. The molecule has 3 rings (SSSR count). The van der Waals surface area contributed by atoms with Gasteiger partial charge in [0.25, 0.3) is 0 Å². The van der Waals surface area contributed by atoms with Gasteiger partial charge in [0.2, 0.25) is 5.91 Å². The van der Waals surface area contributed by atoms with Crippen molar-refractivity contribution in [1.82, 2.24) is 10.3 Å². The lowest BCUT2D eigenvalue weighted by atomic mass is 10.1. The molecule has 1 heterocycles. The van der Waals surface area contributed by atoms with E-state index in [1.807, 2.05) is 36.6 Å². The van der Waals surface area contributed by atoms with Crippen molar-refractivity contribution < 1.29 is 4.79 Å². The van der Waals surface area contributed by atoms with E-state index in [1.165, 1.54) is 12.8 Å². The van der Waals surface area contributed by atoms with Gasteiger partial charge in [0.15, 0.2) is 0 Å². The Balaban J connectivity index is 1.52. The zero-order valence-corrected chi connectivity index (χ0v) is 12.9. The predicted molar refractivity (Wildman–Crippen MR) is 86.6 cm³/mol. The molecule has 0 unspecified atom stereocenters. The molecule has 110 valence electrons.